The summed E-state index contributed by atoms with van der Waals surface area (Å²) in [5.41, 5.74) is 0. The summed E-state index contributed by atoms with van der Waals surface area (Å²) in [6.07, 6.45) is -0.717. The Kier molecular flexibility index (Phi) is 5.30. The number of hydrogen-bond acceptors (Lipinski definition) is 3. The first-order chi connectivity index (χ1) is 7.65. The van der Waals surface area contributed by atoms with Gasteiger partial charge in [0.25, 0.3) is 0 Å². The third-order valence-corrected chi connectivity index (χ3v) is 2.80. The van der Waals surface area contributed by atoms with Gasteiger partial charge in [0, 0.05) is 13.0 Å². The highest BCUT2D eigenvalue weighted by molar-refractivity contribution is 9.10. The Bertz CT molecular complexity index is 407. The first-order valence-corrected chi connectivity index (χ1v) is 5.75. The van der Waals surface area contributed by atoms with E-state index >= 15 is 0 Å². The van der Waals surface area contributed by atoms with E-state index in [2.05, 4.69) is 31.5 Å². The molecule has 1 aliphatic heterocycles. The normalized spacial score (nSPS) is 22.9. The SMILES string of the molecule is Cl.O=C(Nc1cccc(Br)n1)C1CC(F)CN1. The van der Waals surface area contributed by atoms with Crippen LogP contribution in [-0.2, 0) is 4.79 Å². The van der Waals surface area contributed by atoms with Gasteiger partial charge in [-0.1, -0.05) is 6.07 Å². The molecular weight excluding hydrogens is 312 g/mol. The zero-order chi connectivity index (χ0) is 11.5. The number of amides is 1. The minimum absolute atomic E-state index is 0. The number of nitrogens with zero attached hydrogens (tertiary/aromatic N) is 1. The third-order valence-electron chi connectivity index (χ3n) is 2.36. The van der Waals surface area contributed by atoms with E-state index in [1.165, 1.54) is 0 Å². The Morgan fingerprint density at radius 2 is 2.35 bits per heavy atom. The minimum Gasteiger partial charge on any atom is -0.309 e. The molecule has 7 heteroatoms. The zero-order valence-electron chi connectivity index (χ0n) is 8.82. The van der Waals surface area contributed by atoms with Crippen molar-refractivity contribution < 1.29 is 9.18 Å². The number of pyridine rings is 1. The summed E-state index contributed by atoms with van der Waals surface area (Å²) in [6, 6.07) is 4.76. The highest BCUT2D eigenvalue weighted by Crippen LogP contribution is 2.14. The van der Waals surface area contributed by atoms with Gasteiger partial charge < -0.3 is 10.6 Å². The molecule has 1 fully saturated rings. The topological polar surface area (TPSA) is 54.0 Å². The fourth-order valence-corrected chi connectivity index (χ4v) is 1.93. The van der Waals surface area contributed by atoms with E-state index in [1.807, 2.05) is 0 Å². The van der Waals surface area contributed by atoms with E-state index in [9.17, 15) is 9.18 Å². The number of rotatable bonds is 2. The smallest absolute Gasteiger partial charge is 0.242 e. The van der Waals surface area contributed by atoms with Crippen LogP contribution in [0.3, 0.4) is 0 Å². The molecule has 0 bridgehead atoms. The highest BCUT2D eigenvalue weighted by Gasteiger charge is 2.29. The van der Waals surface area contributed by atoms with Crippen molar-refractivity contribution in [2.45, 2.75) is 18.6 Å². The second kappa shape index (κ2) is 6.28. The average Bonchev–Trinajstić information content (AvgIpc) is 2.65. The maximum absolute atomic E-state index is 12.9. The van der Waals surface area contributed by atoms with Gasteiger partial charge in [-0.15, -0.1) is 12.4 Å². The molecule has 1 saturated heterocycles. The van der Waals surface area contributed by atoms with Crippen molar-refractivity contribution in [2.24, 2.45) is 0 Å². The molecule has 0 saturated carbocycles. The molecule has 2 N–H and O–H groups in total. The molecule has 2 rings (SSSR count). The van der Waals surface area contributed by atoms with Crippen LogP contribution in [0.5, 0.6) is 0 Å². The van der Waals surface area contributed by atoms with E-state index in [4.69, 9.17) is 0 Å². The van der Waals surface area contributed by atoms with E-state index < -0.39 is 12.2 Å². The molecule has 94 valence electrons. The zero-order valence-corrected chi connectivity index (χ0v) is 11.2. The third kappa shape index (κ3) is 3.90. The van der Waals surface area contributed by atoms with Crippen LogP contribution in [0.15, 0.2) is 22.8 Å². The molecule has 1 aromatic rings. The second-order valence-corrected chi connectivity index (χ2v) is 4.44. The predicted octanol–water partition coefficient (Wildman–Crippen LogP) is 1.90. The van der Waals surface area contributed by atoms with Gasteiger partial charge in [-0.2, -0.15) is 0 Å². The van der Waals surface area contributed by atoms with E-state index in [-0.39, 0.29) is 31.3 Å². The van der Waals surface area contributed by atoms with Crippen molar-refractivity contribution in [3.05, 3.63) is 22.8 Å². The molecule has 0 radical (unpaired) electrons. The Morgan fingerprint density at radius 1 is 1.59 bits per heavy atom. The fourth-order valence-electron chi connectivity index (χ4n) is 1.58. The van der Waals surface area contributed by atoms with Gasteiger partial charge in [0.15, 0.2) is 0 Å². The molecule has 17 heavy (non-hydrogen) atoms. The quantitative estimate of drug-likeness (QED) is 0.817. The first-order valence-electron chi connectivity index (χ1n) is 4.96. The largest absolute Gasteiger partial charge is 0.309 e. The van der Waals surface area contributed by atoms with Crippen LogP contribution in [0, 0.1) is 0 Å². The molecule has 2 atom stereocenters. The van der Waals surface area contributed by atoms with Crippen molar-refractivity contribution >= 4 is 40.1 Å². The van der Waals surface area contributed by atoms with Crippen molar-refractivity contribution in [3.8, 4) is 0 Å². The van der Waals surface area contributed by atoms with Gasteiger partial charge in [-0.3, -0.25) is 4.79 Å². The predicted molar refractivity (Wildman–Crippen MR) is 69.1 cm³/mol. The van der Waals surface area contributed by atoms with Crippen molar-refractivity contribution in [2.75, 3.05) is 11.9 Å². The maximum atomic E-state index is 12.9. The van der Waals surface area contributed by atoms with E-state index in [1.54, 1.807) is 18.2 Å². The van der Waals surface area contributed by atoms with Crippen LogP contribution in [0.1, 0.15) is 6.42 Å². The van der Waals surface area contributed by atoms with Gasteiger partial charge in [-0.25, -0.2) is 9.37 Å². The average molecular weight is 325 g/mol. The number of aromatic nitrogens is 1. The number of nitrogens with one attached hydrogen (secondary N) is 2. The van der Waals surface area contributed by atoms with Gasteiger partial charge in [0.2, 0.25) is 5.91 Å². The summed E-state index contributed by atoms with van der Waals surface area (Å²) in [7, 11) is 0. The molecule has 4 nitrogen and oxygen atoms in total. The van der Waals surface area contributed by atoms with Gasteiger partial charge >= 0.3 is 0 Å². The summed E-state index contributed by atoms with van der Waals surface area (Å²) in [5, 5.41) is 5.45. The van der Waals surface area contributed by atoms with E-state index in [0.717, 1.165) is 0 Å². The second-order valence-electron chi connectivity index (χ2n) is 3.63. The Balaban J connectivity index is 0.00000144. The fraction of sp³-hybridized carbons (Fsp3) is 0.400. The number of anilines is 1. The Hall–Kier alpha value is -0.720. The van der Waals surface area contributed by atoms with Crippen molar-refractivity contribution in [1.82, 2.24) is 10.3 Å². The lowest BCUT2D eigenvalue weighted by atomic mass is 10.2. The molecule has 2 heterocycles. The van der Waals surface area contributed by atoms with Crippen LogP contribution >= 0.6 is 28.3 Å². The molecule has 0 aliphatic carbocycles. The number of carbonyl (C=O) groups is 1. The van der Waals surface area contributed by atoms with Crippen LogP contribution in [0.2, 0.25) is 0 Å². The highest BCUT2D eigenvalue weighted by atomic mass is 79.9. The summed E-state index contributed by atoms with van der Waals surface area (Å²) in [6.45, 7) is 0.240. The summed E-state index contributed by atoms with van der Waals surface area (Å²) in [4.78, 5) is 15.7. The molecule has 1 aromatic heterocycles. The monoisotopic (exact) mass is 323 g/mol. The number of halogens is 3. The molecule has 1 amide bonds. The summed E-state index contributed by atoms with van der Waals surface area (Å²) >= 11 is 3.21. The Labute approximate surface area is 113 Å². The van der Waals surface area contributed by atoms with Crippen LogP contribution in [0.25, 0.3) is 0 Å². The van der Waals surface area contributed by atoms with Gasteiger partial charge in [-0.05, 0) is 28.1 Å². The molecule has 0 spiro atoms. The molecular formula is C10H12BrClFN3O. The van der Waals surface area contributed by atoms with Crippen LogP contribution in [-0.4, -0.2) is 29.6 Å². The summed E-state index contributed by atoms with van der Waals surface area (Å²) < 4.78 is 13.5. The minimum atomic E-state index is -0.939. The number of hydrogen-bond donors (Lipinski definition) is 2. The first kappa shape index (κ1) is 14.3. The van der Waals surface area contributed by atoms with Gasteiger partial charge in [0.1, 0.15) is 16.6 Å². The molecule has 2 unspecified atom stereocenters. The lowest BCUT2D eigenvalue weighted by Gasteiger charge is -2.10. The van der Waals surface area contributed by atoms with Gasteiger partial charge in [0.05, 0.1) is 6.04 Å². The van der Waals surface area contributed by atoms with Crippen LogP contribution < -0.4 is 10.6 Å². The number of alkyl halides is 1. The molecule has 1 aliphatic rings. The maximum Gasteiger partial charge on any atom is 0.242 e. The van der Waals surface area contributed by atoms with Crippen molar-refractivity contribution in [3.63, 3.8) is 0 Å². The standard InChI is InChI=1S/C10H11BrFN3O.ClH/c11-8-2-1-3-9(14-8)15-10(16)7-4-6(12)5-13-7;/h1-3,6-7,13H,4-5H2,(H,14,15,16);1H. The number of carbonyl (C=O) groups excluding carboxylic acids is 1. The summed E-state index contributed by atoms with van der Waals surface area (Å²) in [5.74, 6) is 0.217. The lowest BCUT2D eigenvalue weighted by molar-refractivity contribution is -0.117. The molecule has 0 aromatic carbocycles. The Morgan fingerprint density at radius 3 is 2.94 bits per heavy atom. The van der Waals surface area contributed by atoms with Crippen molar-refractivity contribution in [1.29, 1.82) is 0 Å². The van der Waals surface area contributed by atoms with Crippen LogP contribution in [0.4, 0.5) is 10.2 Å². The lowest BCUT2D eigenvalue weighted by Crippen LogP contribution is -2.35. The van der Waals surface area contributed by atoms with E-state index in [0.29, 0.717) is 10.4 Å².